The van der Waals surface area contributed by atoms with E-state index >= 15 is 0 Å². The van der Waals surface area contributed by atoms with E-state index in [1.54, 1.807) is 6.92 Å². The number of nitrogens with zero attached hydrogens (tertiary/aromatic N) is 4. The molecule has 2 aromatic rings. The molecule has 3 heterocycles. The van der Waals surface area contributed by atoms with Gasteiger partial charge in [-0.3, -0.25) is 4.79 Å². The predicted octanol–water partition coefficient (Wildman–Crippen LogP) is 2.64. The number of benzene rings is 2. The number of hydrogen-bond donors (Lipinski definition) is 0. The monoisotopic (exact) mass is 474 g/mol. The van der Waals surface area contributed by atoms with Crippen LogP contribution in [0, 0.1) is 24.1 Å². The molecule has 3 fully saturated rings. The molecule has 5 rings (SSSR count). The number of piperazine rings is 1. The first kappa shape index (κ1) is 20.9. The van der Waals surface area contributed by atoms with Crippen molar-refractivity contribution in [3.05, 3.63) is 58.4 Å². The third-order valence-corrected chi connectivity index (χ3v) is 8.77. The molecule has 32 heavy (non-hydrogen) atoms. The highest BCUT2D eigenvalue weighted by molar-refractivity contribution is 7.89. The second-order valence-corrected chi connectivity index (χ2v) is 10.2. The fourth-order valence-electron chi connectivity index (χ4n) is 4.90. The highest BCUT2D eigenvalue weighted by Crippen LogP contribution is 2.45. The molecule has 3 aliphatic rings. The van der Waals surface area contributed by atoms with Crippen LogP contribution in [0.3, 0.4) is 0 Å². The fourth-order valence-corrected chi connectivity index (χ4v) is 6.84. The van der Waals surface area contributed by atoms with Gasteiger partial charge in [0.25, 0.3) is 5.91 Å². The van der Waals surface area contributed by atoms with Gasteiger partial charge in [-0.2, -0.15) is 9.57 Å². The zero-order chi connectivity index (χ0) is 22.9. The van der Waals surface area contributed by atoms with Gasteiger partial charge in [0, 0.05) is 12.6 Å². The molecular weight excluding hydrogens is 459 g/mol. The van der Waals surface area contributed by atoms with Crippen LogP contribution in [0.2, 0.25) is 5.02 Å². The number of halogens is 2. The number of sulfonamides is 1. The Morgan fingerprint density at radius 3 is 2.59 bits per heavy atom. The summed E-state index contributed by atoms with van der Waals surface area (Å²) in [5, 5.41) is 9.29. The van der Waals surface area contributed by atoms with Gasteiger partial charge in [-0.15, -0.1) is 0 Å². The van der Waals surface area contributed by atoms with Crippen molar-refractivity contribution in [1.29, 1.82) is 5.26 Å². The Balaban J connectivity index is 1.52. The van der Waals surface area contributed by atoms with Gasteiger partial charge in [0.1, 0.15) is 22.8 Å². The number of hydrogen-bond acceptors (Lipinski definition) is 5. The average molecular weight is 475 g/mol. The summed E-state index contributed by atoms with van der Waals surface area (Å²) in [5.41, 5.74) is 0.868. The molecule has 3 amide bonds. The largest absolute Gasteiger partial charge is 0.332 e. The molecule has 0 aromatic heterocycles. The van der Waals surface area contributed by atoms with Gasteiger partial charge in [0.05, 0.1) is 22.3 Å². The summed E-state index contributed by atoms with van der Waals surface area (Å²) in [5.74, 6) is -1.44. The smallest absolute Gasteiger partial charge is 0.306 e. The van der Waals surface area contributed by atoms with Gasteiger partial charge in [-0.05, 0) is 43.2 Å². The minimum atomic E-state index is -4.19. The number of urea groups is 1. The lowest BCUT2D eigenvalue weighted by atomic mass is 10.1. The van der Waals surface area contributed by atoms with E-state index in [0.717, 1.165) is 15.3 Å². The molecule has 0 radical (unpaired) electrons. The maximum Gasteiger partial charge on any atom is 0.332 e. The average Bonchev–Trinajstić information content (AvgIpc) is 3.43. The summed E-state index contributed by atoms with van der Waals surface area (Å²) in [6, 6.07) is 7.09. The molecule has 3 atom stereocenters. The van der Waals surface area contributed by atoms with E-state index in [0.29, 0.717) is 12.0 Å². The highest BCUT2D eigenvalue weighted by atomic mass is 35.5. The minimum Gasteiger partial charge on any atom is -0.306 e. The van der Waals surface area contributed by atoms with Gasteiger partial charge in [0.15, 0.2) is 0 Å². The second-order valence-electron chi connectivity index (χ2n) is 7.95. The third kappa shape index (κ3) is 2.65. The topological polar surface area (TPSA) is 102 Å². The number of amides is 3. The van der Waals surface area contributed by atoms with Crippen molar-refractivity contribution < 1.29 is 22.4 Å². The lowest BCUT2D eigenvalue weighted by Gasteiger charge is -2.34. The Morgan fingerprint density at radius 2 is 1.91 bits per heavy atom. The molecule has 3 saturated heterocycles. The molecule has 0 saturated carbocycles. The summed E-state index contributed by atoms with van der Waals surface area (Å²) >= 11 is 6.22. The number of fused-ring (bicyclic) bond motifs is 5. The normalized spacial score (nSPS) is 24.9. The Hall–Kier alpha value is -3.00. The maximum absolute atomic E-state index is 14.2. The highest BCUT2D eigenvalue weighted by Gasteiger charge is 2.64. The van der Waals surface area contributed by atoms with Crippen molar-refractivity contribution in [2.24, 2.45) is 0 Å². The number of anilines is 1. The lowest BCUT2D eigenvalue weighted by Crippen LogP contribution is -2.54. The van der Waals surface area contributed by atoms with E-state index in [9.17, 15) is 22.4 Å². The van der Waals surface area contributed by atoms with Gasteiger partial charge < -0.3 is 4.90 Å². The molecule has 0 aliphatic carbocycles. The summed E-state index contributed by atoms with van der Waals surface area (Å²) in [4.78, 5) is 28.5. The van der Waals surface area contributed by atoms with Crippen LogP contribution in [0.15, 0.2) is 41.3 Å². The van der Waals surface area contributed by atoms with Gasteiger partial charge >= 0.3 is 6.03 Å². The molecule has 0 N–H and O–H groups in total. The zero-order valence-electron chi connectivity index (χ0n) is 16.7. The van der Waals surface area contributed by atoms with Gasteiger partial charge in [0.2, 0.25) is 10.0 Å². The quantitative estimate of drug-likeness (QED) is 0.636. The Labute approximate surface area is 188 Å². The lowest BCUT2D eigenvalue weighted by molar-refractivity contribution is -0.120. The van der Waals surface area contributed by atoms with Crippen LogP contribution in [0.1, 0.15) is 17.5 Å². The van der Waals surface area contributed by atoms with Crippen LogP contribution in [0.4, 0.5) is 14.9 Å². The third-order valence-electron chi connectivity index (χ3n) is 6.36. The van der Waals surface area contributed by atoms with Crippen LogP contribution in [0.5, 0.6) is 0 Å². The Bertz CT molecular complexity index is 1340. The molecule has 0 spiro atoms. The van der Waals surface area contributed by atoms with E-state index in [-0.39, 0.29) is 22.8 Å². The second kappa shape index (κ2) is 7.00. The van der Waals surface area contributed by atoms with E-state index in [4.69, 9.17) is 16.9 Å². The maximum atomic E-state index is 14.2. The SMILES string of the molecule is Cc1c(N2C(=O)C3C4C[C@H](CN4S(=O)(=O)c4ccccc4F)N3C2=O)ccc(C#N)c1Cl. The summed E-state index contributed by atoms with van der Waals surface area (Å²) in [6.45, 7) is 1.59. The Kier molecular flexibility index (Phi) is 4.57. The Morgan fingerprint density at radius 1 is 1.19 bits per heavy atom. The molecule has 3 aliphatic heterocycles. The van der Waals surface area contributed by atoms with Crippen molar-refractivity contribution in [3.8, 4) is 6.07 Å². The molecule has 8 nitrogen and oxygen atoms in total. The van der Waals surface area contributed by atoms with Crippen LogP contribution >= 0.6 is 11.6 Å². The number of carbonyl (C=O) groups excluding carboxylic acids is 2. The standard InChI is InChI=1S/C21H16ClFN4O4S/c1-11-15(7-6-12(9-24)18(11)22)27-20(28)19-16-8-13(26(19)21(27)29)10-25(16)32(30,31)17-5-3-2-4-14(17)23/h2-7,13,16,19H,8,10H2,1H3/t13-,16?,19?/m1/s1. The molecule has 2 bridgehead atoms. The number of carbonyl (C=O) groups is 2. The number of nitriles is 1. The molecule has 164 valence electrons. The molecule has 11 heteroatoms. The fraction of sp³-hybridized carbons (Fsp3) is 0.286. The van der Waals surface area contributed by atoms with Crippen molar-refractivity contribution >= 4 is 39.2 Å². The number of imide groups is 1. The molecule has 2 aromatic carbocycles. The van der Waals surface area contributed by atoms with Crippen molar-refractivity contribution in [3.63, 3.8) is 0 Å². The predicted molar refractivity (Wildman–Crippen MR) is 112 cm³/mol. The summed E-state index contributed by atoms with van der Waals surface area (Å²) in [7, 11) is -4.19. The van der Waals surface area contributed by atoms with Crippen LogP contribution in [-0.2, 0) is 14.8 Å². The van der Waals surface area contributed by atoms with E-state index < -0.39 is 50.8 Å². The van der Waals surface area contributed by atoms with E-state index in [1.165, 1.54) is 35.2 Å². The number of rotatable bonds is 3. The zero-order valence-corrected chi connectivity index (χ0v) is 18.3. The van der Waals surface area contributed by atoms with E-state index in [2.05, 4.69) is 0 Å². The van der Waals surface area contributed by atoms with Crippen LogP contribution in [-0.4, -0.2) is 54.2 Å². The van der Waals surface area contributed by atoms with Crippen LogP contribution < -0.4 is 4.90 Å². The minimum absolute atomic E-state index is 0.0161. The molecular formula is C21H16ClFN4O4S. The first-order valence-corrected chi connectivity index (χ1v) is 11.6. The summed E-state index contributed by atoms with van der Waals surface area (Å²) in [6.07, 6.45) is 0.302. The summed E-state index contributed by atoms with van der Waals surface area (Å²) < 4.78 is 41.7. The van der Waals surface area contributed by atoms with E-state index in [1.807, 2.05) is 6.07 Å². The van der Waals surface area contributed by atoms with Crippen molar-refractivity contribution in [1.82, 2.24) is 9.21 Å². The van der Waals surface area contributed by atoms with Crippen molar-refractivity contribution in [2.75, 3.05) is 11.4 Å². The van der Waals surface area contributed by atoms with Gasteiger partial charge in [-0.1, -0.05) is 23.7 Å². The van der Waals surface area contributed by atoms with Crippen LogP contribution in [0.25, 0.3) is 0 Å². The molecule has 2 unspecified atom stereocenters. The van der Waals surface area contributed by atoms with Gasteiger partial charge in [-0.25, -0.2) is 22.5 Å². The first-order chi connectivity index (χ1) is 15.2. The van der Waals surface area contributed by atoms with Crippen molar-refractivity contribution in [2.45, 2.75) is 36.4 Å². The first-order valence-electron chi connectivity index (χ1n) is 9.80.